The highest BCUT2D eigenvalue weighted by molar-refractivity contribution is 7.12. The summed E-state index contributed by atoms with van der Waals surface area (Å²) in [5, 5.41) is 7.70. The molecular weight excluding hydrogens is 382 g/mol. The van der Waals surface area contributed by atoms with Gasteiger partial charge in [-0.1, -0.05) is 18.2 Å². The Morgan fingerprint density at radius 2 is 1.69 bits per heavy atom. The highest BCUT2D eigenvalue weighted by atomic mass is 32.1. The van der Waals surface area contributed by atoms with Crippen LogP contribution in [0, 0.1) is 13.8 Å². The number of benzene rings is 2. The summed E-state index contributed by atoms with van der Waals surface area (Å²) in [7, 11) is 0. The van der Waals surface area contributed by atoms with E-state index in [2.05, 4.69) is 16.7 Å². The van der Waals surface area contributed by atoms with E-state index in [1.807, 2.05) is 66.6 Å². The van der Waals surface area contributed by atoms with Crippen LogP contribution in [0.25, 0.3) is 0 Å². The first-order valence-electron chi connectivity index (χ1n) is 9.59. The summed E-state index contributed by atoms with van der Waals surface area (Å²) in [5.41, 5.74) is 5.99. The average molecular weight is 406 g/mol. The Morgan fingerprint density at radius 1 is 0.931 bits per heavy atom. The van der Waals surface area contributed by atoms with Gasteiger partial charge in [-0.05, 0) is 78.2 Å². The number of carbonyl (C=O) groups excluding carboxylic acids is 2. The highest BCUT2D eigenvalue weighted by Crippen LogP contribution is 2.25. The zero-order chi connectivity index (χ0) is 20.4. The van der Waals surface area contributed by atoms with Gasteiger partial charge in [-0.15, -0.1) is 11.3 Å². The molecule has 3 amide bonds. The monoisotopic (exact) mass is 405 g/mol. The van der Waals surface area contributed by atoms with Gasteiger partial charge in [-0.25, -0.2) is 4.79 Å². The Kier molecular flexibility index (Phi) is 5.36. The molecule has 148 valence electrons. The van der Waals surface area contributed by atoms with E-state index in [1.165, 1.54) is 16.9 Å². The number of anilines is 2. The zero-order valence-electron chi connectivity index (χ0n) is 16.5. The van der Waals surface area contributed by atoms with Gasteiger partial charge in [-0.2, -0.15) is 0 Å². The largest absolute Gasteiger partial charge is 0.333 e. The van der Waals surface area contributed by atoms with Crippen LogP contribution in [0.5, 0.6) is 0 Å². The number of nitrogens with one attached hydrogen (secondary N) is 2. The zero-order valence-corrected chi connectivity index (χ0v) is 17.3. The molecule has 0 aliphatic carbocycles. The molecule has 0 radical (unpaired) electrons. The Morgan fingerprint density at radius 3 is 2.41 bits per heavy atom. The molecule has 0 spiro atoms. The summed E-state index contributed by atoms with van der Waals surface area (Å²) in [5.74, 6) is 0.0663. The van der Waals surface area contributed by atoms with Crippen molar-refractivity contribution < 1.29 is 9.59 Å². The van der Waals surface area contributed by atoms with Crippen LogP contribution in [0.1, 0.15) is 31.9 Å². The van der Waals surface area contributed by atoms with Crippen LogP contribution in [0.2, 0.25) is 0 Å². The van der Waals surface area contributed by atoms with E-state index in [0.717, 1.165) is 39.4 Å². The van der Waals surface area contributed by atoms with Crippen molar-refractivity contribution in [1.29, 1.82) is 0 Å². The maximum absolute atomic E-state index is 12.6. The van der Waals surface area contributed by atoms with Gasteiger partial charge >= 0.3 is 6.03 Å². The first kappa shape index (κ1) is 19.2. The van der Waals surface area contributed by atoms with Crippen LogP contribution >= 0.6 is 11.3 Å². The summed E-state index contributed by atoms with van der Waals surface area (Å²) >= 11 is 1.46. The molecule has 2 aromatic carbocycles. The van der Waals surface area contributed by atoms with E-state index in [4.69, 9.17) is 0 Å². The minimum atomic E-state index is -0.280. The smallest absolute Gasteiger partial charge is 0.323 e. The number of nitrogens with zero attached hydrogens (tertiary/aromatic N) is 1. The summed E-state index contributed by atoms with van der Waals surface area (Å²) in [6.07, 6.45) is 0.821. The Bertz CT molecular complexity index is 1040. The second-order valence-corrected chi connectivity index (χ2v) is 8.34. The number of hydrogen-bond acceptors (Lipinski definition) is 3. The molecule has 1 aliphatic heterocycles. The minimum Gasteiger partial charge on any atom is -0.333 e. The van der Waals surface area contributed by atoms with E-state index in [-0.39, 0.29) is 11.9 Å². The molecule has 0 saturated carbocycles. The van der Waals surface area contributed by atoms with Crippen molar-refractivity contribution in [1.82, 2.24) is 4.90 Å². The molecule has 29 heavy (non-hydrogen) atoms. The third-order valence-corrected chi connectivity index (χ3v) is 5.83. The molecule has 0 unspecified atom stereocenters. The predicted octanol–water partition coefficient (Wildman–Crippen LogP) is 5.21. The van der Waals surface area contributed by atoms with Crippen LogP contribution in [0.15, 0.2) is 53.9 Å². The number of urea groups is 1. The molecule has 0 bridgehead atoms. The second-order valence-electron chi connectivity index (χ2n) is 7.39. The first-order chi connectivity index (χ1) is 14.0. The summed E-state index contributed by atoms with van der Waals surface area (Å²) in [6.45, 7) is 5.27. The molecule has 0 fully saturated rings. The van der Waals surface area contributed by atoms with Crippen LogP contribution < -0.4 is 10.6 Å². The lowest BCUT2D eigenvalue weighted by Crippen LogP contribution is -2.35. The number of hydrogen-bond donors (Lipinski definition) is 2. The summed E-state index contributed by atoms with van der Waals surface area (Å²) in [6, 6.07) is 15.3. The number of fused-ring (bicyclic) bond motifs is 1. The predicted molar refractivity (Wildman–Crippen MR) is 118 cm³/mol. The molecule has 2 heterocycles. The molecule has 2 N–H and O–H groups in total. The van der Waals surface area contributed by atoms with E-state index >= 15 is 0 Å². The minimum absolute atomic E-state index is 0.0663. The Labute approximate surface area is 174 Å². The van der Waals surface area contributed by atoms with Gasteiger partial charge in [0.25, 0.3) is 5.91 Å². The second kappa shape index (κ2) is 8.09. The third kappa shape index (κ3) is 4.49. The lowest BCUT2D eigenvalue weighted by Gasteiger charge is -2.29. The quantitative estimate of drug-likeness (QED) is 0.629. The van der Waals surface area contributed by atoms with Crippen molar-refractivity contribution in [3.63, 3.8) is 0 Å². The lowest BCUT2D eigenvalue weighted by atomic mass is 9.99. The molecule has 6 heteroatoms. The summed E-state index contributed by atoms with van der Waals surface area (Å²) in [4.78, 5) is 27.7. The number of thiophene rings is 1. The SMILES string of the molecule is Cc1cc(C)cc(NC(=O)Nc2ccc3c(c2)CN(C(=O)c2cccs2)CC3)c1. The molecule has 0 saturated heterocycles. The molecule has 3 aromatic rings. The normalized spacial score (nSPS) is 13.0. The Hall–Kier alpha value is -3.12. The van der Waals surface area contributed by atoms with Crippen molar-refractivity contribution in [3.05, 3.63) is 81.0 Å². The van der Waals surface area contributed by atoms with Gasteiger partial charge < -0.3 is 15.5 Å². The molecule has 4 rings (SSSR count). The number of aryl methyl sites for hydroxylation is 2. The third-order valence-electron chi connectivity index (χ3n) is 4.98. The van der Waals surface area contributed by atoms with Crippen molar-refractivity contribution in [2.24, 2.45) is 0 Å². The molecule has 5 nitrogen and oxygen atoms in total. The van der Waals surface area contributed by atoms with Gasteiger partial charge in [0.05, 0.1) is 4.88 Å². The molecule has 0 atom stereocenters. The lowest BCUT2D eigenvalue weighted by molar-refractivity contribution is 0.0739. The fourth-order valence-electron chi connectivity index (χ4n) is 3.70. The van der Waals surface area contributed by atoms with E-state index in [0.29, 0.717) is 13.1 Å². The highest BCUT2D eigenvalue weighted by Gasteiger charge is 2.22. The summed E-state index contributed by atoms with van der Waals surface area (Å²) < 4.78 is 0. The van der Waals surface area contributed by atoms with Crippen LogP contribution in [-0.4, -0.2) is 23.4 Å². The number of rotatable bonds is 3. The molecule has 1 aromatic heterocycles. The van der Waals surface area contributed by atoms with Gasteiger partial charge in [0, 0.05) is 24.5 Å². The van der Waals surface area contributed by atoms with Crippen LogP contribution in [0.4, 0.5) is 16.2 Å². The van der Waals surface area contributed by atoms with E-state index in [1.54, 1.807) is 0 Å². The van der Waals surface area contributed by atoms with Crippen molar-refractivity contribution >= 4 is 34.6 Å². The van der Waals surface area contributed by atoms with Crippen LogP contribution in [0.3, 0.4) is 0 Å². The molecule has 1 aliphatic rings. The standard InChI is InChI=1S/C23H23N3O2S/c1-15-10-16(2)12-20(11-15)25-23(28)24-19-6-5-17-7-8-26(14-18(17)13-19)22(27)21-4-3-9-29-21/h3-6,9-13H,7-8,14H2,1-2H3,(H2,24,25,28). The number of carbonyl (C=O) groups is 2. The van der Waals surface area contributed by atoms with Crippen molar-refractivity contribution in [2.45, 2.75) is 26.8 Å². The Balaban J connectivity index is 1.44. The maximum atomic E-state index is 12.6. The molecular formula is C23H23N3O2S. The van der Waals surface area contributed by atoms with E-state index < -0.39 is 0 Å². The van der Waals surface area contributed by atoms with E-state index in [9.17, 15) is 9.59 Å². The van der Waals surface area contributed by atoms with Gasteiger partial charge in [-0.3, -0.25) is 4.79 Å². The van der Waals surface area contributed by atoms with Gasteiger partial charge in [0.1, 0.15) is 0 Å². The topological polar surface area (TPSA) is 61.4 Å². The van der Waals surface area contributed by atoms with Crippen LogP contribution in [-0.2, 0) is 13.0 Å². The number of amides is 3. The van der Waals surface area contributed by atoms with Crippen molar-refractivity contribution in [3.8, 4) is 0 Å². The fraction of sp³-hybridized carbons (Fsp3) is 0.217. The maximum Gasteiger partial charge on any atom is 0.323 e. The van der Waals surface area contributed by atoms with Gasteiger partial charge in [0.15, 0.2) is 0 Å². The fourth-order valence-corrected chi connectivity index (χ4v) is 4.40. The van der Waals surface area contributed by atoms with Crippen molar-refractivity contribution in [2.75, 3.05) is 17.2 Å². The first-order valence-corrected chi connectivity index (χ1v) is 10.5. The van der Waals surface area contributed by atoms with Gasteiger partial charge in [0.2, 0.25) is 0 Å². The average Bonchev–Trinajstić information content (AvgIpc) is 3.20.